The smallest absolute Gasteiger partial charge is 0.174 e. The van der Waals surface area contributed by atoms with Gasteiger partial charge in [-0.25, -0.2) is 9.97 Å². The van der Waals surface area contributed by atoms with Crippen LogP contribution in [0, 0.1) is 6.92 Å². The van der Waals surface area contributed by atoms with E-state index >= 15 is 0 Å². The fraction of sp³-hybridized carbons (Fsp3) is 0.0256. The summed E-state index contributed by atoms with van der Waals surface area (Å²) in [6.07, 6.45) is 5.58. The summed E-state index contributed by atoms with van der Waals surface area (Å²) < 4.78 is 0. The summed E-state index contributed by atoms with van der Waals surface area (Å²) in [6.45, 7) is 13.8. The quantitative estimate of drug-likeness (QED) is 0.206. The number of aromatic amines is 2. The molecular weight excluding hydrogens is 524 g/mol. The predicted octanol–water partition coefficient (Wildman–Crippen LogP) is 10.3. The third kappa shape index (κ3) is 4.79. The van der Waals surface area contributed by atoms with E-state index in [1.165, 1.54) is 5.56 Å². The lowest BCUT2D eigenvalue weighted by Gasteiger charge is -2.11. The molecule has 7 aromatic rings. The van der Waals surface area contributed by atoms with Crippen LogP contribution in [0.25, 0.3) is 85.3 Å². The van der Waals surface area contributed by atoms with Crippen LogP contribution in [0.5, 0.6) is 0 Å². The van der Waals surface area contributed by atoms with Crippen LogP contribution in [0.4, 0.5) is 0 Å². The maximum Gasteiger partial charge on any atom is 0.174 e. The molecule has 4 nitrogen and oxygen atoms in total. The Morgan fingerprint density at radius 2 is 0.860 bits per heavy atom. The molecule has 206 valence electrons. The maximum atomic E-state index is 4.99. The minimum atomic E-state index is 0.702. The Labute approximate surface area is 250 Å². The van der Waals surface area contributed by atoms with Gasteiger partial charge in [0.05, 0.1) is 22.1 Å². The summed E-state index contributed by atoms with van der Waals surface area (Å²) in [6, 6.07) is 34.0. The van der Waals surface area contributed by atoms with Gasteiger partial charge in [0.1, 0.15) is 0 Å². The molecule has 0 aliphatic carbocycles. The van der Waals surface area contributed by atoms with Crippen LogP contribution < -0.4 is 0 Å². The Morgan fingerprint density at radius 1 is 0.488 bits per heavy atom. The average molecular weight is 555 g/mol. The Balaban J connectivity index is 1.33. The lowest BCUT2D eigenvalue weighted by atomic mass is 9.93. The van der Waals surface area contributed by atoms with Crippen LogP contribution in [-0.2, 0) is 0 Å². The van der Waals surface area contributed by atoms with Gasteiger partial charge in [0.2, 0.25) is 0 Å². The monoisotopic (exact) mass is 554 g/mol. The van der Waals surface area contributed by atoms with Crippen molar-refractivity contribution in [1.29, 1.82) is 0 Å². The molecule has 0 unspecified atom stereocenters. The highest BCUT2D eigenvalue weighted by Crippen LogP contribution is 2.37. The van der Waals surface area contributed by atoms with E-state index < -0.39 is 0 Å². The fourth-order valence-corrected chi connectivity index (χ4v) is 5.63. The number of aryl methyl sites for hydroxylation is 1. The number of nitrogens with one attached hydrogen (secondary N) is 2. The van der Waals surface area contributed by atoms with Gasteiger partial charge in [0.15, 0.2) is 11.6 Å². The van der Waals surface area contributed by atoms with Gasteiger partial charge in [-0.15, -0.1) is 0 Å². The van der Waals surface area contributed by atoms with Crippen LogP contribution in [0.2, 0.25) is 0 Å². The van der Waals surface area contributed by atoms with Gasteiger partial charge in [0.25, 0.3) is 0 Å². The zero-order valence-corrected chi connectivity index (χ0v) is 24.0. The van der Waals surface area contributed by atoms with Gasteiger partial charge >= 0.3 is 0 Å². The molecule has 43 heavy (non-hydrogen) atoms. The van der Waals surface area contributed by atoms with Crippen molar-refractivity contribution < 1.29 is 0 Å². The van der Waals surface area contributed by atoms with Crippen LogP contribution in [0.1, 0.15) is 22.3 Å². The highest BCUT2D eigenvalue weighted by Gasteiger charge is 2.16. The number of aromatic nitrogens is 4. The summed E-state index contributed by atoms with van der Waals surface area (Å²) in [5.41, 5.74) is 14.9. The van der Waals surface area contributed by atoms with Crippen LogP contribution in [0.15, 0.2) is 117 Å². The molecule has 0 radical (unpaired) electrons. The van der Waals surface area contributed by atoms with Crippen molar-refractivity contribution in [3.05, 3.63) is 139 Å². The summed E-state index contributed by atoms with van der Waals surface area (Å²) in [5, 5.41) is 0. The Bertz CT molecular complexity index is 2070. The topological polar surface area (TPSA) is 57.4 Å². The van der Waals surface area contributed by atoms with Crippen molar-refractivity contribution in [2.24, 2.45) is 0 Å². The third-order valence-corrected chi connectivity index (χ3v) is 8.05. The molecule has 0 saturated heterocycles. The highest BCUT2D eigenvalue weighted by molar-refractivity contribution is 5.95. The fourth-order valence-electron chi connectivity index (χ4n) is 5.63. The van der Waals surface area contributed by atoms with Gasteiger partial charge < -0.3 is 9.97 Å². The third-order valence-electron chi connectivity index (χ3n) is 8.05. The Kier molecular flexibility index (Phi) is 6.44. The first-order valence-electron chi connectivity index (χ1n) is 14.3. The molecule has 5 aromatic carbocycles. The van der Waals surface area contributed by atoms with Gasteiger partial charge in [0, 0.05) is 0 Å². The number of nitrogens with zero attached hydrogens (tertiary/aromatic N) is 2. The van der Waals surface area contributed by atoms with Crippen molar-refractivity contribution in [2.75, 3.05) is 0 Å². The number of benzene rings is 5. The molecular formula is C39H30N4. The second kappa shape index (κ2) is 10.6. The van der Waals surface area contributed by atoms with E-state index in [1.54, 1.807) is 0 Å². The summed E-state index contributed by atoms with van der Waals surface area (Å²) in [7, 11) is 0. The Morgan fingerprint density at radius 3 is 1.30 bits per heavy atom. The molecule has 0 spiro atoms. The van der Waals surface area contributed by atoms with Crippen molar-refractivity contribution in [1.82, 2.24) is 19.9 Å². The molecule has 0 aliphatic rings. The molecule has 2 N–H and O–H groups in total. The largest absolute Gasteiger partial charge is 0.335 e. The highest BCUT2D eigenvalue weighted by atomic mass is 15.0. The van der Waals surface area contributed by atoms with Crippen molar-refractivity contribution >= 4 is 40.3 Å². The number of rotatable bonds is 7. The summed E-state index contributed by atoms with van der Waals surface area (Å²) >= 11 is 0. The zero-order valence-electron chi connectivity index (χ0n) is 24.0. The molecule has 0 bridgehead atoms. The van der Waals surface area contributed by atoms with Crippen molar-refractivity contribution in [3.63, 3.8) is 0 Å². The van der Waals surface area contributed by atoms with E-state index in [0.29, 0.717) is 11.6 Å². The molecule has 2 aromatic heterocycles. The van der Waals surface area contributed by atoms with Crippen molar-refractivity contribution in [2.45, 2.75) is 6.92 Å². The molecule has 2 heterocycles. The van der Waals surface area contributed by atoms with E-state index in [2.05, 4.69) is 134 Å². The van der Waals surface area contributed by atoms with E-state index in [9.17, 15) is 0 Å². The number of imidazole rings is 2. The second-order valence-electron chi connectivity index (χ2n) is 10.7. The van der Waals surface area contributed by atoms with Gasteiger partial charge in [-0.3, -0.25) is 0 Å². The SMILES string of the molecule is C=Cc1ccc(-c2cc3nc(-c4nc5cc(-c6ccc(C=C)cc6)c(-c6ccc(C=C)cc6)cc5[nH]4)[nH]c3cc2C)cc1. The first-order chi connectivity index (χ1) is 21.0. The van der Waals surface area contributed by atoms with Crippen LogP contribution in [0.3, 0.4) is 0 Å². The molecule has 0 aliphatic heterocycles. The van der Waals surface area contributed by atoms with E-state index in [4.69, 9.17) is 9.97 Å². The summed E-state index contributed by atoms with van der Waals surface area (Å²) in [4.78, 5) is 17.0. The summed E-state index contributed by atoms with van der Waals surface area (Å²) in [5.74, 6) is 1.41. The van der Waals surface area contributed by atoms with E-state index in [0.717, 1.165) is 72.1 Å². The van der Waals surface area contributed by atoms with Crippen molar-refractivity contribution in [3.8, 4) is 45.0 Å². The van der Waals surface area contributed by atoms with E-state index in [-0.39, 0.29) is 0 Å². The predicted molar refractivity (Wildman–Crippen MR) is 182 cm³/mol. The molecule has 7 rings (SSSR count). The first-order valence-corrected chi connectivity index (χ1v) is 14.3. The number of H-pyrrole nitrogens is 2. The first kappa shape index (κ1) is 26.2. The minimum Gasteiger partial charge on any atom is -0.335 e. The molecule has 0 saturated carbocycles. The minimum absolute atomic E-state index is 0.702. The van der Waals surface area contributed by atoms with Crippen LogP contribution >= 0.6 is 0 Å². The molecule has 0 fully saturated rings. The standard InChI is InChI=1S/C39H30N4/c1-5-25-8-14-28(15-9-25)31-21-35-34(20-24(31)4)40-38(41-35)39-42-36-22-32(29-16-10-26(6-2)11-17-29)33(23-37(36)43-39)30-18-12-27(7-3)13-19-30/h5-23H,1-3H2,4H3,(H,40,41)(H,42,43). The number of hydrogen-bond acceptors (Lipinski definition) is 2. The Hall–Kier alpha value is -5.74. The number of hydrogen-bond donors (Lipinski definition) is 2. The molecule has 0 amide bonds. The second-order valence-corrected chi connectivity index (χ2v) is 10.7. The average Bonchev–Trinajstić information content (AvgIpc) is 3.67. The molecule has 0 atom stereocenters. The lowest BCUT2D eigenvalue weighted by molar-refractivity contribution is 1.22. The van der Waals surface area contributed by atoms with E-state index in [1.807, 2.05) is 18.2 Å². The zero-order chi connectivity index (χ0) is 29.5. The lowest BCUT2D eigenvalue weighted by Crippen LogP contribution is -1.87. The van der Waals surface area contributed by atoms with Crippen LogP contribution in [-0.4, -0.2) is 19.9 Å². The molecule has 4 heteroatoms. The van der Waals surface area contributed by atoms with Gasteiger partial charge in [-0.05, 0) is 86.8 Å². The van der Waals surface area contributed by atoms with Gasteiger partial charge in [-0.2, -0.15) is 0 Å². The normalized spacial score (nSPS) is 11.2. The number of fused-ring (bicyclic) bond motifs is 2. The van der Waals surface area contributed by atoms with Gasteiger partial charge in [-0.1, -0.05) is 111 Å². The maximum absolute atomic E-state index is 4.99.